The Bertz CT molecular complexity index is 649. The predicted molar refractivity (Wildman–Crippen MR) is 88.0 cm³/mol. The Labute approximate surface area is 132 Å². The van der Waals surface area contributed by atoms with Gasteiger partial charge in [-0.15, -0.1) is 0 Å². The van der Waals surface area contributed by atoms with Gasteiger partial charge in [0.05, 0.1) is 6.42 Å². The highest BCUT2D eigenvalue weighted by Crippen LogP contribution is 2.38. The third-order valence-electron chi connectivity index (χ3n) is 4.03. The first-order valence-electron chi connectivity index (χ1n) is 7.81. The maximum absolute atomic E-state index is 12.3. The quantitative estimate of drug-likeness (QED) is 0.765. The van der Waals surface area contributed by atoms with E-state index in [-0.39, 0.29) is 11.9 Å². The molecule has 0 heterocycles. The number of esters is 1. The van der Waals surface area contributed by atoms with Crippen LogP contribution in [0.4, 0.5) is 0 Å². The van der Waals surface area contributed by atoms with Crippen LogP contribution in [0.2, 0.25) is 0 Å². The molecule has 114 valence electrons. The molecular weight excluding hydrogens is 272 g/mol. The normalized spacial score (nSPS) is 14.1. The summed E-state index contributed by atoms with van der Waals surface area (Å²) in [4.78, 5) is 12.3. The van der Waals surface area contributed by atoms with E-state index in [0.29, 0.717) is 6.42 Å². The molecule has 2 aromatic rings. The molecule has 0 saturated carbocycles. The molecule has 3 rings (SSSR count). The van der Waals surface area contributed by atoms with Crippen molar-refractivity contribution in [2.75, 3.05) is 0 Å². The molecule has 0 bridgehead atoms. The Morgan fingerprint density at radius 1 is 1.00 bits per heavy atom. The summed E-state index contributed by atoms with van der Waals surface area (Å²) in [6.07, 6.45) is 1.34. The number of fused-ring (bicyclic) bond motifs is 2. The van der Waals surface area contributed by atoms with E-state index < -0.39 is 5.60 Å². The fraction of sp³-hybridized carbons (Fsp3) is 0.350. The highest BCUT2D eigenvalue weighted by Gasteiger charge is 2.28. The summed E-state index contributed by atoms with van der Waals surface area (Å²) in [5.41, 5.74) is 4.70. The van der Waals surface area contributed by atoms with Crippen LogP contribution in [-0.4, -0.2) is 11.6 Å². The molecule has 0 saturated heterocycles. The minimum atomic E-state index is -0.440. The van der Waals surface area contributed by atoms with Gasteiger partial charge in [-0.25, -0.2) is 0 Å². The second kappa shape index (κ2) is 5.60. The van der Waals surface area contributed by atoms with Crippen LogP contribution in [0.1, 0.15) is 55.4 Å². The van der Waals surface area contributed by atoms with Crippen LogP contribution in [0.15, 0.2) is 48.5 Å². The van der Waals surface area contributed by atoms with Gasteiger partial charge < -0.3 is 4.74 Å². The first-order valence-corrected chi connectivity index (χ1v) is 7.81. The summed E-state index contributed by atoms with van der Waals surface area (Å²) in [5, 5.41) is 0. The van der Waals surface area contributed by atoms with Crippen molar-refractivity contribution in [2.45, 2.75) is 45.1 Å². The number of carbonyl (C=O) groups excluding carboxylic acids is 1. The van der Waals surface area contributed by atoms with Gasteiger partial charge in [0.15, 0.2) is 0 Å². The number of carbonyl (C=O) groups is 1. The SMILES string of the molecule is CC(C)(C)OC(=O)CC1c2ccccc2Cc2ccccc21. The molecule has 1 aliphatic carbocycles. The topological polar surface area (TPSA) is 26.3 Å². The van der Waals surface area contributed by atoms with Crippen LogP contribution in [-0.2, 0) is 16.0 Å². The van der Waals surface area contributed by atoms with E-state index in [1.54, 1.807) is 0 Å². The number of rotatable bonds is 2. The number of ether oxygens (including phenoxy) is 1. The number of benzene rings is 2. The van der Waals surface area contributed by atoms with E-state index in [4.69, 9.17) is 4.74 Å². The van der Waals surface area contributed by atoms with Crippen molar-refractivity contribution in [3.63, 3.8) is 0 Å². The van der Waals surface area contributed by atoms with E-state index in [0.717, 1.165) is 6.42 Å². The molecule has 0 atom stereocenters. The molecule has 1 aliphatic rings. The maximum Gasteiger partial charge on any atom is 0.307 e. The van der Waals surface area contributed by atoms with Gasteiger partial charge in [-0.3, -0.25) is 4.79 Å². The van der Waals surface area contributed by atoms with E-state index in [2.05, 4.69) is 48.5 Å². The molecule has 0 spiro atoms. The molecule has 0 aliphatic heterocycles. The minimum Gasteiger partial charge on any atom is -0.460 e. The van der Waals surface area contributed by atoms with Crippen LogP contribution in [0.3, 0.4) is 0 Å². The predicted octanol–water partition coefficient (Wildman–Crippen LogP) is 4.45. The number of hydrogen-bond donors (Lipinski definition) is 0. The largest absolute Gasteiger partial charge is 0.460 e. The van der Waals surface area contributed by atoms with Crippen molar-refractivity contribution in [1.29, 1.82) is 0 Å². The maximum atomic E-state index is 12.3. The Kier molecular flexibility index (Phi) is 3.78. The molecule has 2 heteroatoms. The fourth-order valence-electron chi connectivity index (χ4n) is 3.21. The van der Waals surface area contributed by atoms with Crippen LogP contribution >= 0.6 is 0 Å². The third kappa shape index (κ3) is 3.06. The summed E-state index contributed by atoms with van der Waals surface area (Å²) < 4.78 is 5.53. The lowest BCUT2D eigenvalue weighted by Gasteiger charge is -2.29. The smallest absolute Gasteiger partial charge is 0.307 e. The molecule has 2 nitrogen and oxygen atoms in total. The number of hydrogen-bond acceptors (Lipinski definition) is 2. The van der Waals surface area contributed by atoms with Crippen molar-refractivity contribution < 1.29 is 9.53 Å². The summed E-state index contributed by atoms with van der Waals surface area (Å²) >= 11 is 0. The second-order valence-electron chi connectivity index (χ2n) is 6.92. The lowest BCUT2D eigenvalue weighted by Crippen LogP contribution is -2.26. The Hall–Kier alpha value is -2.09. The zero-order valence-electron chi connectivity index (χ0n) is 13.4. The van der Waals surface area contributed by atoms with E-state index >= 15 is 0 Å². The molecular formula is C20H22O2. The zero-order valence-corrected chi connectivity index (χ0v) is 13.4. The molecule has 0 aromatic heterocycles. The molecule has 0 unspecified atom stereocenters. The van der Waals surface area contributed by atoms with Crippen LogP contribution < -0.4 is 0 Å². The zero-order chi connectivity index (χ0) is 15.7. The molecule has 0 radical (unpaired) electrons. The van der Waals surface area contributed by atoms with E-state index in [9.17, 15) is 4.79 Å². The Morgan fingerprint density at radius 2 is 1.50 bits per heavy atom. The average Bonchev–Trinajstić information content (AvgIpc) is 2.45. The summed E-state index contributed by atoms with van der Waals surface area (Å²) in [5.74, 6) is -0.0417. The molecule has 0 N–H and O–H groups in total. The van der Waals surface area contributed by atoms with Gasteiger partial charge in [-0.05, 0) is 49.4 Å². The standard InChI is InChI=1S/C20H22O2/c1-20(2,3)22-19(21)13-18-16-10-6-4-8-14(16)12-15-9-5-7-11-17(15)18/h4-11,18H,12-13H2,1-3H3. The van der Waals surface area contributed by atoms with Gasteiger partial charge in [0.2, 0.25) is 0 Å². The van der Waals surface area contributed by atoms with Crippen LogP contribution in [0.5, 0.6) is 0 Å². The Morgan fingerprint density at radius 3 is 2.00 bits per heavy atom. The average molecular weight is 294 g/mol. The van der Waals surface area contributed by atoms with Crippen molar-refractivity contribution in [3.05, 3.63) is 70.8 Å². The molecule has 0 fully saturated rings. The third-order valence-corrected chi connectivity index (χ3v) is 4.03. The molecule has 0 amide bonds. The minimum absolute atomic E-state index is 0.0935. The van der Waals surface area contributed by atoms with Crippen LogP contribution in [0, 0.1) is 0 Å². The van der Waals surface area contributed by atoms with Crippen molar-refractivity contribution >= 4 is 5.97 Å². The van der Waals surface area contributed by atoms with E-state index in [1.165, 1.54) is 22.3 Å². The Balaban J connectivity index is 1.95. The van der Waals surface area contributed by atoms with Gasteiger partial charge in [-0.2, -0.15) is 0 Å². The highest BCUT2D eigenvalue weighted by atomic mass is 16.6. The van der Waals surface area contributed by atoms with Crippen molar-refractivity contribution in [2.24, 2.45) is 0 Å². The van der Waals surface area contributed by atoms with Gasteiger partial charge in [0.25, 0.3) is 0 Å². The molecule has 22 heavy (non-hydrogen) atoms. The summed E-state index contributed by atoms with van der Waals surface area (Å²) in [7, 11) is 0. The van der Waals surface area contributed by atoms with E-state index in [1.807, 2.05) is 20.8 Å². The summed E-state index contributed by atoms with van der Waals surface area (Å²) in [6, 6.07) is 16.8. The summed E-state index contributed by atoms with van der Waals surface area (Å²) in [6.45, 7) is 5.73. The van der Waals surface area contributed by atoms with Gasteiger partial charge in [-0.1, -0.05) is 48.5 Å². The van der Waals surface area contributed by atoms with Gasteiger partial charge in [0, 0.05) is 5.92 Å². The second-order valence-corrected chi connectivity index (χ2v) is 6.92. The van der Waals surface area contributed by atoms with Crippen molar-refractivity contribution in [1.82, 2.24) is 0 Å². The van der Waals surface area contributed by atoms with Gasteiger partial charge >= 0.3 is 5.97 Å². The first kappa shape index (κ1) is 14.8. The monoisotopic (exact) mass is 294 g/mol. The molecule has 2 aromatic carbocycles. The van der Waals surface area contributed by atoms with Crippen molar-refractivity contribution in [3.8, 4) is 0 Å². The first-order chi connectivity index (χ1) is 10.4. The lowest BCUT2D eigenvalue weighted by molar-refractivity contribution is -0.155. The highest BCUT2D eigenvalue weighted by molar-refractivity contribution is 5.72. The fourth-order valence-corrected chi connectivity index (χ4v) is 3.21. The lowest BCUT2D eigenvalue weighted by atomic mass is 9.77. The van der Waals surface area contributed by atoms with Gasteiger partial charge in [0.1, 0.15) is 5.60 Å². The van der Waals surface area contributed by atoms with Crippen LogP contribution in [0.25, 0.3) is 0 Å².